The molecule has 0 aliphatic carbocycles. The van der Waals surface area contributed by atoms with Gasteiger partial charge in [0, 0.05) is 22.6 Å². The van der Waals surface area contributed by atoms with Gasteiger partial charge in [0.2, 0.25) is 5.91 Å². The van der Waals surface area contributed by atoms with Crippen LogP contribution in [-0.4, -0.2) is 17.4 Å². The zero-order chi connectivity index (χ0) is 16.2. The van der Waals surface area contributed by atoms with Crippen LogP contribution < -0.4 is 11.1 Å². The zero-order valence-electron chi connectivity index (χ0n) is 12.4. The molecule has 0 fully saturated rings. The highest BCUT2D eigenvalue weighted by Gasteiger charge is 2.21. The molecule has 6 nitrogen and oxygen atoms in total. The number of benzene rings is 1. The van der Waals surface area contributed by atoms with Gasteiger partial charge in [0.25, 0.3) is 5.69 Å². The van der Waals surface area contributed by atoms with Crippen LogP contribution in [0, 0.1) is 28.9 Å². The summed E-state index contributed by atoms with van der Waals surface area (Å²) in [7, 11) is 0. The molecule has 1 aromatic rings. The van der Waals surface area contributed by atoms with Crippen molar-refractivity contribution in [3.05, 3.63) is 32.3 Å². The smallest absolute Gasteiger partial charge is 0.274 e. The molecule has 0 spiro atoms. The Morgan fingerprint density at radius 2 is 2.10 bits per heavy atom. The van der Waals surface area contributed by atoms with Crippen LogP contribution in [0.5, 0.6) is 0 Å². The van der Waals surface area contributed by atoms with E-state index in [4.69, 9.17) is 5.73 Å². The lowest BCUT2D eigenvalue weighted by atomic mass is 9.96. The lowest BCUT2D eigenvalue weighted by Crippen LogP contribution is -2.30. The molecule has 1 rings (SSSR count). The Morgan fingerprint density at radius 3 is 2.57 bits per heavy atom. The van der Waals surface area contributed by atoms with E-state index in [-0.39, 0.29) is 24.1 Å². The van der Waals surface area contributed by atoms with Crippen LogP contribution >= 0.6 is 15.9 Å². The maximum atomic E-state index is 12.2. The van der Waals surface area contributed by atoms with E-state index in [1.165, 1.54) is 6.07 Å². The number of nitro groups is 1. The molecule has 1 atom stereocenters. The topological polar surface area (TPSA) is 98.3 Å². The summed E-state index contributed by atoms with van der Waals surface area (Å²) in [4.78, 5) is 22.7. The molecule has 0 saturated heterocycles. The van der Waals surface area contributed by atoms with E-state index in [0.29, 0.717) is 28.1 Å². The van der Waals surface area contributed by atoms with E-state index in [2.05, 4.69) is 21.2 Å². The fourth-order valence-electron chi connectivity index (χ4n) is 2.07. The number of amides is 1. The maximum absolute atomic E-state index is 12.2. The van der Waals surface area contributed by atoms with Gasteiger partial charge in [-0.05, 0) is 41.3 Å². The number of aryl methyl sites for hydroxylation is 1. The van der Waals surface area contributed by atoms with E-state index in [9.17, 15) is 14.9 Å². The summed E-state index contributed by atoms with van der Waals surface area (Å²) >= 11 is 3.31. The highest BCUT2D eigenvalue weighted by atomic mass is 79.9. The Morgan fingerprint density at radius 1 is 1.48 bits per heavy atom. The number of halogens is 1. The normalized spacial score (nSPS) is 12.3. The Balaban J connectivity index is 2.99. The number of nitrogens with two attached hydrogens (primary N) is 1. The van der Waals surface area contributed by atoms with Crippen molar-refractivity contribution < 1.29 is 9.72 Å². The van der Waals surface area contributed by atoms with Gasteiger partial charge in [0.05, 0.1) is 16.5 Å². The van der Waals surface area contributed by atoms with Crippen LogP contribution in [0.4, 0.5) is 11.4 Å². The van der Waals surface area contributed by atoms with Gasteiger partial charge in [-0.2, -0.15) is 0 Å². The van der Waals surface area contributed by atoms with Crippen molar-refractivity contribution in [2.75, 3.05) is 11.9 Å². The molecule has 0 aliphatic heterocycles. The number of carbonyl (C=O) groups is 1. The number of carbonyl (C=O) groups excluding carboxylic acids is 1. The van der Waals surface area contributed by atoms with Crippen LogP contribution in [0.25, 0.3) is 0 Å². The average Bonchev–Trinajstić information content (AvgIpc) is 2.38. The highest BCUT2D eigenvalue weighted by molar-refractivity contribution is 9.10. The molecule has 7 heteroatoms. The Bertz CT molecular complexity index is 547. The molecule has 0 radical (unpaired) electrons. The first-order chi connectivity index (χ1) is 9.76. The minimum Gasteiger partial charge on any atom is -0.330 e. The quantitative estimate of drug-likeness (QED) is 0.602. The van der Waals surface area contributed by atoms with Gasteiger partial charge in [0.1, 0.15) is 0 Å². The molecule has 21 heavy (non-hydrogen) atoms. The summed E-state index contributed by atoms with van der Waals surface area (Å²) in [6, 6.07) is 2.98. The van der Waals surface area contributed by atoms with Crippen LogP contribution in [0.3, 0.4) is 0 Å². The van der Waals surface area contributed by atoms with Crippen LogP contribution in [0.15, 0.2) is 16.6 Å². The molecule has 1 unspecified atom stereocenters. The summed E-state index contributed by atoms with van der Waals surface area (Å²) in [6.45, 7) is 5.93. The van der Waals surface area contributed by atoms with Crippen molar-refractivity contribution in [1.82, 2.24) is 0 Å². The van der Waals surface area contributed by atoms with Crippen LogP contribution in [-0.2, 0) is 4.79 Å². The third kappa shape index (κ3) is 4.78. The summed E-state index contributed by atoms with van der Waals surface area (Å²) in [6.07, 6.45) is 0.675. The van der Waals surface area contributed by atoms with E-state index < -0.39 is 4.92 Å². The molecule has 0 heterocycles. The average molecular weight is 358 g/mol. The van der Waals surface area contributed by atoms with Gasteiger partial charge >= 0.3 is 0 Å². The molecule has 0 aliphatic rings. The molecule has 1 amide bonds. The predicted octanol–water partition coefficient (Wildman–Crippen LogP) is 3.23. The van der Waals surface area contributed by atoms with Crippen molar-refractivity contribution in [2.45, 2.75) is 27.2 Å². The van der Waals surface area contributed by atoms with Gasteiger partial charge in [-0.25, -0.2) is 0 Å². The second-order valence-electron chi connectivity index (χ2n) is 5.43. The summed E-state index contributed by atoms with van der Waals surface area (Å²) in [5.41, 5.74) is 6.53. The summed E-state index contributed by atoms with van der Waals surface area (Å²) < 4.78 is 0.610. The number of anilines is 1. The van der Waals surface area contributed by atoms with Gasteiger partial charge in [-0.1, -0.05) is 13.8 Å². The molecular formula is C14H20BrN3O3. The molecule has 116 valence electrons. The van der Waals surface area contributed by atoms with Gasteiger partial charge in [0.15, 0.2) is 0 Å². The molecular weight excluding hydrogens is 338 g/mol. The third-order valence-corrected chi connectivity index (χ3v) is 3.81. The molecule has 3 N–H and O–H groups in total. The Labute approximate surface area is 132 Å². The van der Waals surface area contributed by atoms with Gasteiger partial charge in [-0.15, -0.1) is 0 Å². The van der Waals surface area contributed by atoms with Crippen molar-refractivity contribution in [2.24, 2.45) is 17.6 Å². The largest absolute Gasteiger partial charge is 0.330 e. The molecule has 0 aromatic heterocycles. The van der Waals surface area contributed by atoms with Crippen LogP contribution in [0.1, 0.15) is 25.8 Å². The SMILES string of the molecule is Cc1cc(Br)c(NC(=O)C(CN)CC(C)C)cc1[N+](=O)[O-]. The number of nitro benzene ring substituents is 1. The summed E-state index contributed by atoms with van der Waals surface area (Å²) in [5.74, 6) is -0.178. The zero-order valence-corrected chi connectivity index (χ0v) is 13.9. The van der Waals surface area contributed by atoms with Gasteiger partial charge < -0.3 is 11.1 Å². The van der Waals surface area contributed by atoms with E-state index in [1.807, 2.05) is 13.8 Å². The first kappa shape index (κ1) is 17.6. The molecule has 0 saturated carbocycles. The van der Waals surface area contributed by atoms with Crippen molar-refractivity contribution in [3.8, 4) is 0 Å². The third-order valence-electron chi connectivity index (χ3n) is 3.15. The first-order valence-corrected chi connectivity index (χ1v) is 7.51. The first-order valence-electron chi connectivity index (χ1n) is 6.71. The van der Waals surface area contributed by atoms with Gasteiger partial charge in [-0.3, -0.25) is 14.9 Å². The van der Waals surface area contributed by atoms with E-state index in [1.54, 1.807) is 13.0 Å². The minimum absolute atomic E-state index is 0.0262. The maximum Gasteiger partial charge on any atom is 0.274 e. The lowest BCUT2D eigenvalue weighted by Gasteiger charge is -2.17. The number of nitrogens with zero attached hydrogens (tertiary/aromatic N) is 1. The standard InChI is InChI=1S/C14H20BrN3O3/c1-8(2)4-10(7-16)14(19)17-12-6-13(18(20)21)9(3)5-11(12)15/h5-6,8,10H,4,7,16H2,1-3H3,(H,17,19). The van der Waals surface area contributed by atoms with E-state index >= 15 is 0 Å². The van der Waals surface area contributed by atoms with Crippen molar-refractivity contribution in [3.63, 3.8) is 0 Å². The minimum atomic E-state index is -0.466. The summed E-state index contributed by atoms with van der Waals surface area (Å²) in [5, 5.41) is 13.7. The molecule has 0 bridgehead atoms. The number of nitrogens with one attached hydrogen (secondary N) is 1. The van der Waals surface area contributed by atoms with Crippen LogP contribution in [0.2, 0.25) is 0 Å². The number of hydrogen-bond donors (Lipinski definition) is 2. The van der Waals surface area contributed by atoms with Crippen molar-refractivity contribution in [1.29, 1.82) is 0 Å². The monoisotopic (exact) mass is 357 g/mol. The Kier molecular flexibility index (Phi) is 6.29. The van der Waals surface area contributed by atoms with Crippen molar-refractivity contribution >= 4 is 33.2 Å². The highest BCUT2D eigenvalue weighted by Crippen LogP contribution is 2.31. The fourth-order valence-corrected chi connectivity index (χ4v) is 2.62. The predicted molar refractivity (Wildman–Crippen MR) is 86.2 cm³/mol. The second-order valence-corrected chi connectivity index (χ2v) is 6.28. The Hall–Kier alpha value is -1.47. The van der Waals surface area contributed by atoms with E-state index in [0.717, 1.165) is 0 Å². The fraction of sp³-hybridized carbons (Fsp3) is 0.500. The lowest BCUT2D eigenvalue weighted by molar-refractivity contribution is -0.385. The number of rotatable bonds is 6. The molecule has 1 aromatic carbocycles. The second kappa shape index (κ2) is 7.51. The number of hydrogen-bond acceptors (Lipinski definition) is 4.